The van der Waals surface area contributed by atoms with Gasteiger partial charge in [0, 0.05) is 17.2 Å². The Morgan fingerprint density at radius 2 is 2.05 bits per heavy atom. The van der Waals surface area contributed by atoms with E-state index >= 15 is 0 Å². The van der Waals surface area contributed by atoms with Gasteiger partial charge in [-0.2, -0.15) is 0 Å². The Hall–Kier alpha value is -2.04. The zero-order valence-electron chi connectivity index (χ0n) is 11.6. The summed E-state index contributed by atoms with van der Waals surface area (Å²) in [6, 6.07) is 0. The lowest BCUT2D eigenvalue weighted by molar-refractivity contribution is -0.141. The van der Waals surface area contributed by atoms with Crippen LogP contribution in [0.2, 0.25) is 0 Å². The molecular formula is C15H16O5. The lowest BCUT2D eigenvalue weighted by Crippen LogP contribution is -2.37. The van der Waals surface area contributed by atoms with Crippen LogP contribution in [-0.4, -0.2) is 28.6 Å². The molecule has 0 aromatic rings. The molecule has 2 heterocycles. The number of Topliss-reactive ketones (excluding diaryl/α,β-unsaturated/α-hetero) is 1. The van der Waals surface area contributed by atoms with E-state index in [1.807, 2.05) is 13.8 Å². The predicted molar refractivity (Wildman–Crippen MR) is 69.7 cm³/mol. The second kappa shape index (κ2) is 3.98. The zero-order valence-corrected chi connectivity index (χ0v) is 11.6. The van der Waals surface area contributed by atoms with Crippen LogP contribution < -0.4 is 0 Å². The number of esters is 1. The number of rotatable bonds is 0. The van der Waals surface area contributed by atoms with Gasteiger partial charge in [0.2, 0.25) is 0 Å². The van der Waals surface area contributed by atoms with Crippen molar-refractivity contribution in [3.63, 3.8) is 0 Å². The number of allylic oxidation sites excluding steroid dienone is 1. The molecule has 0 saturated heterocycles. The molecule has 0 bridgehead atoms. The van der Waals surface area contributed by atoms with Gasteiger partial charge in [0.1, 0.15) is 11.7 Å². The van der Waals surface area contributed by atoms with Crippen molar-refractivity contribution < 1.29 is 24.2 Å². The van der Waals surface area contributed by atoms with Crippen molar-refractivity contribution in [2.24, 2.45) is 0 Å². The topological polar surface area (TPSA) is 72.8 Å². The Bertz CT molecular complexity index is 618. The third-order valence-electron chi connectivity index (χ3n) is 3.88. The molecule has 3 rings (SSSR count). The molecule has 0 aromatic heterocycles. The first-order valence-corrected chi connectivity index (χ1v) is 6.63. The number of cyclic esters (lactones) is 1. The first kappa shape index (κ1) is 13.0. The molecule has 0 unspecified atom stereocenters. The van der Waals surface area contributed by atoms with Crippen molar-refractivity contribution >= 4 is 11.8 Å². The van der Waals surface area contributed by atoms with Crippen molar-refractivity contribution in [3.8, 4) is 0 Å². The number of ketones is 1. The van der Waals surface area contributed by atoms with Crippen molar-refractivity contribution in [2.75, 3.05) is 0 Å². The zero-order chi connectivity index (χ0) is 14.7. The van der Waals surface area contributed by atoms with Crippen LogP contribution in [0.3, 0.4) is 0 Å². The summed E-state index contributed by atoms with van der Waals surface area (Å²) in [6.07, 6.45) is 2.08. The summed E-state index contributed by atoms with van der Waals surface area (Å²) >= 11 is 0. The highest BCUT2D eigenvalue weighted by molar-refractivity contribution is 6.10. The van der Waals surface area contributed by atoms with Gasteiger partial charge in [-0.15, -0.1) is 0 Å². The van der Waals surface area contributed by atoms with Gasteiger partial charge in [-0.05, 0) is 39.2 Å². The minimum atomic E-state index is -0.629. The van der Waals surface area contributed by atoms with E-state index in [1.54, 1.807) is 6.92 Å². The molecule has 0 saturated carbocycles. The molecular weight excluding hydrogens is 260 g/mol. The van der Waals surface area contributed by atoms with Crippen LogP contribution in [0.15, 0.2) is 34.3 Å². The third-order valence-corrected chi connectivity index (χ3v) is 3.88. The summed E-state index contributed by atoms with van der Waals surface area (Å²) < 4.78 is 10.8. The Kier molecular flexibility index (Phi) is 2.58. The molecule has 0 fully saturated rings. The average molecular weight is 276 g/mol. The van der Waals surface area contributed by atoms with E-state index in [9.17, 15) is 14.7 Å². The first-order chi connectivity index (χ1) is 9.30. The largest absolute Gasteiger partial charge is 0.504 e. The Labute approximate surface area is 116 Å². The maximum atomic E-state index is 12.3. The van der Waals surface area contributed by atoms with Gasteiger partial charge >= 0.3 is 5.97 Å². The third kappa shape index (κ3) is 1.77. The summed E-state index contributed by atoms with van der Waals surface area (Å²) in [5, 5.41) is 10.1. The molecule has 1 N–H and O–H groups in total. The number of hydrogen-bond donors (Lipinski definition) is 1. The lowest BCUT2D eigenvalue weighted by atomic mass is 9.79. The SMILES string of the molecule is C[C@@H]1OC(=O)C=C2C3=C(OC(C)(C)CC3)C(=O)C(O)=C21. The number of fused-ring (bicyclic) bond motifs is 2. The minimum absolute atomic E-state index is 0.163. The fraction of sp³-hybridized carbons (Fsp3) is 0.467. The second-order valence-corrected chi connectivity index (χ2v) is 5.90. The lowest BCUT2D eigenvalue weighted by Gasteiger charge is -2.38. The number of ether oxygens (including phenoxy) is 2. The van der Waals surface area contributed by atoms with Gasteiger partial charge in [0.05, 0.1) is 0 Å². The van der Waals surface area contributed by atoms with E-state index in [0.29, 0.717) is 23.1 Å². The van der Waals surface area contributed by atoms with E-state index in [2.05, 4.69) is 0 Å². The van der Waals surface area contributed by atoms with Gasteiger partial charge in [-0.25, -0.2) is 4.79 Å². The van der Waals surface area contributed by atoms with Crippen LogP contribution in [0.4, 0.5) is 0 Å². The van der Waals surface area contributed by atoms with Crippen LogP contribution in [0.5, 0.6) is 0 Å². The first-order valence-electron chi connectivity index (χ1n) is 6.63. The number of carbonyl (C=O) groups excluding carboxylic acids is 2. The molecule has 1 atom stereocenters. The number of hydrogen-bond acceptors (Lipinski definition) is 5. The Morgan fingerprint density at radius 1 is 1.35 bits per heavy atom. The normalized spacial score (nSPS) is 28.4. The summed E-state index contributed by atoms with van der Waals surface area (Å²) in [5.74, 6) is -1.21. The molecule has 0 amide bonds. The summed E-state index contributed by atoms with van der Waals surface area (Å²) in [6.45, 7) is 5.43. The maximum Gasteiger partial charge on any atom is 0.331 e. The fourth-order valence-electron chi connectivity index (χ4n) is 2.85. The molecule has 0 radical (unpaired) electrons. The molecule has 5 heteroatoms. The molecule has 106 valence electrons. The van der Waals surface area contributed by atoms with Crippen LogP contribution in [0, 0.1) is 0 Å². The molecule has 5 nitrogen and oxygen atoms in total. The average Bonchev–Trinajstić information content (AvgIpc) is 2.34. The monoisotopic (exact) mass is 276 g/mol. The quantitative estimate of drug-likeness (QED) is 0.686. The minimum Gasteiger partial charge on any atom is -0.504 e. The number of aliphatic hydroxyl groups is 1. The highest BCUT2D eigenvalue weighted by Gasteiger charge is 2.43. The van der Waals surface area contributed by atoms with Crippen molar-refractivity contribution in [1.82, 2.24) is 0 Å². The van der Waals surface area contributed by atoms with E-state index in [-0.39, 0.29) is 11.5 Å². The van der Waals surface area contributed by atoms with Gasteiger partial charge in [-0.3, -0.25) is 4.79 Å². The number of aliphatic hydroxyl groups excluding tert-OH is 1. The molecule has 0 spiro atoms. The molecule has 2 aliphatic heterocycles. The molecule has 0 aromatic carbocycles. The second-order valence-electron chi connectivity index (χ2n) is 5.90. The highest BCUT2D eigenvalue weighted by atomic mass is 16.5. The summed E-state index contributed by atoms with van der Waals surface area (Å²) in [4.78, 5) is 23.8. The molecule has 3 aliphatic rings. The van der Waals surface area contributed by atoms with Gasteiger partial charge in [0.25, 0.3) is 5.78 Å². The van der Waals surface area contributed by atoms with Crippen molar-refractivity contribution in [2.45, 2.75) is 45.3 Å². The van der Waals surface area contributed by atoms with E-state index in [1.165, 1.54) is 6.08 Å². The highest BCUT2D eigenvalue weighted by Crippen LogP contribution is 2.44. The Balaban J connectivity index is 2.18. The van der Waals surface area contributed by atoms with E-state index < -0.39 is 23.5 Å². The van der Waals surface area contributed by atoms with Crippen LogP contribution in [0.25, 0.3) is 0 Å². The van der Waals surface area contributed by atoms with E-state index in [0.717, 1.165) is 6.42 Å². The van der Waals surface area contributed by atoms with Gasteiger partial charge in [0.15, 0.2) is 11.5 Å². The standard InChI is InChI=1S/C15H16O5/c1-7-11-9(6-10(16)19-7)8-4-5-15(2,3)20-14(8)13(18)12(11)17/h6-7,17H,4-5H2,1-3H3/t7-/m0/s1. The Morgan fingerprint density at radius 3 is 2.75 bits per heavy atom. The van der Waals surface area contributed by atoms with Crippen LogP contribution in [-0.2, 0) is 19.1 Å². The fourth-order valence-corrected chi connectivity index (χ4v) is 2.85. The van der Waals surface area contributed by atoms with Gasteiger partial charge < -0.3 is 14.6 Å². The molecule has 1 aliphatic carbocycles. The van der Waals surface area contributed by atoms with Crippen LogP contribution >= 0.6 is 0 Å². The summed E-state index contributed by atoms with van der Waals surface area (Å²) in [7, 11) is 0. The summed E-state index contributed by atoms with van der Waals surface area (Å²) in [5.41, 5.74) is 1.21. The van der Waals surface area contributed by atoms with Crippen molar-refractivity contribution in [3.05, 3.63) is 34.3 Å². The van der Waals surface area contributed by atoms with E-state index in [4.69, 9.17) is 9.47 Å². The van der Waals surface area contributed by atoms with Crippen LogP contribution in [0.1, 0.15) is 33.6 Å². The van der Waals surface area contributed by atoms with Crippen molar-refractivity contribution in [1.29, 1.82) is 0 Å². The molecule has 20 heavy (non-hydrogen) atoms. The predicted octanol–water partition coefficient (Wildman–Crippen LogP) is 2.10. The number of carbonyl (C=O) groups is 2. The maximum absolute atomic E-state index is 12.3. The van der Waals surface area contributed by atoms with Gasteiger partial charge in [-0.1, -0.05) is 0 Å². The smallest absolute Gasteiger partial charge is 0.331 e.